The molecule has 110 valence electrons. The Morgan fingerprint density at radius 1 is 1.40 bits per heavy atom. The lowest BCUT2D eigenvalue weighted by molar-refractivity contribution is -0.123. The van der Waals surface area contributed by atoms with Crippen molar-refractivity contribution in [2.45, 2.75) is 32.1 Å². The lowest BCUT2D eigenvalue weighted by atomic mass is 9.95. The smallest absolute Gasteiger partial charge is 0.257 e. The highest BCUT2D eigenvalue weighted by molar-refractivity contribution is 5.77. The van der Waals surface area contributed by atoms with Crippen molar-refractivity contribution in [2.75, 3.05) is 26.9 Å². The predicted molar refractivity (Wildman–Crippen MR) is 75.9 cm³/mol. The van der Waals surface area contributed by atoms with Gasteiger partial charge in [0, 0.05) is 37.7 Å². The summed E-state index contributed by atoms with van der Waals surface area (Å²) in [6.07, 6.45) is 6.92. The van der Waals surface area contributed by atoms with Gasteiger partial charge < -0.3 is 14.8 Å². The fraction of sp³-hybridized carbons (Fsp3) is 0.600. The zero-order valence-electron chi connectivity index (χ0n) is 12.0. The molecular weight excluding hydrogens is 256 g/mol. The van der Waals surface area contributed by atoms with E-state index in [1.807, 2.05) is 6.07 Å². The van der Waals surface area contributed by atoms with Crippen LogP contribution < -0.4 is 10.1 Å². The first-order valence-electron chi connectivity index (χ1n) is 7.16. The summed E-state index contributed by atoms with van der Waals surface area (Å²) in [5.41, 5.74) is 2.29. The minimum absolute atomic E-state index is 0.0590. The lowest BCUT2D eigenvalue weighted by Crippen LogP contribution is -2.30. The molecule has 0 spiro atoms. The molecule has 0 bridgehead atoms. The molecule has 2 rings (SSSR count). The van der Waals surface area contributed by atoms with Gasteiger partial charge in [-0.2, -0.15) is 0 Å². The number of carbonyl (C=O) groups is 1. The van der Waals surface area contributed by atoms with Gasteiger partial charge in [-0.15, -0.1) is 0 Å². The van der Waals surface area contributed by atoms with Crippen molar-refractivity contribution in [3.8, 4) is 5.75 Å². The van der Waals surface area contributed by atoms with Gasteiger partial charge in [0.15, 0.2) is 6.61 Å². The van der Waals surface area contributed by atoms with Crippen molar-refractivity contribution in [1.82, 2.24) is 10.3 Å². The number of pyridine rings is 1. The Bertz CT molecular complexity index is 449. The zero-order chi connectivity index (χ0) is 14.2. The van der Waals surface area contributed by atoms with Gasteiger partial charge in [-0.1, -0.05) is 0 Å². The molecule has 5 nitrogen and oxygen atoms in total. The van der Waals surface area contributed by atoms with Gasteiger partial charge in [0.1, 0.15) is 5.75 Å². The van der Waals surface area contributed by atoms with Gasteiger partial charge in [0.25, 0.3) is 5.91 Å². The van der Waals surface area contributed by atoms with Gasteiger partial charge in [-0.3, -0.25) is 9.78 Å². The fourth-order valence-electron chi connectivity index (χ4n) is 2.37. The van der Waals surface area contributed by atoms with E-state index in [1.165, 1.54) is 12.0 Å². The van der Waals surface area contributed by atoms with Crippen LogP contribution in [0, 0.1) is 0 Å². The summed E-state index contributed by atoms with van der Waals surface area (Å²) in [4.78, 5) is 16.0. The molecule has 1 aliphatic carbocycles. The molecule has 1 heterocycles. The maximum atomic E-state index is 11.7. The summed E-state index contributed by atoms with van der Waals surface area (Å²) >= 11 is 0. The molecule has 1 N–H and O–H groups in total. The quantitative estimate of drug-likeness (QED) is 0.768. The Balaban J connectivity index is 1.80. The number of nitrogens with zero attached hydrogens (tertiary/aromatic N) is 1. The van der Waals surface area contributed by atoms with Crippen LogP contribution in [0.15, 0.2) is 12.3 Å². The first-order valence-corrected chi connectivity index (χ1v) is 7.16. The molecule has 1 amide bonds. The number of methoxy groups -OCH3 is 1. The summed E-state index contributed by atoms with van der Waals surface area (Å²) in [7, 11) is 1.65. The number of nitrogens with one attached hydrogen (secondary N) is 1. The van der Waals surface area contributed by atoms with E-state index in [1.54, 1.807) is 13.3 Å². The third-order valence-corrected chi connectivity index (χ3v) is 3.40. The van der Waals surface area contributed by atoms with Crippen LogP contribution in [0.25, 0.3) is 0 Å². The van der Waals surface area contributed by atoms with Crippen molar-refractivity contribution in [2.24, 2.45) is 0 Å². The third-order valence-electron chi connectivity index (χ3n) is 3.40. The number of hydrogen-bond acceptors (Lipinski definition) is 4. The number of ether oxygens (including phenoxy) is 2. The minimum Gasteiger partial charge on any atom is -0.483 e. The van der Waals surface area contributed by atoms with Crippen molar-refractivity contribution in [1.29, 1.82) is 0 Å². The Labute approximate surface area is 119 Å². The molecule has 0 saturated heterocycles. The summed E-state index contributed by atoms with van der Waals surface area (Å²) < 4.78 is 10.6. The number of hydrogen-bond donors (Lipinski definition) is 1. The van der Waals surface area contributed by atoms with E-state index in [4.69, 9.17) is 9.47 Å². The number of aryl methyl sites for hydroxylation is 1. The lowest BCUT2D eigenvalue weighted by Gasteiger charge is -2.18. The first kappa shape index (κ1) is 14.8. The maximum Gasteiger partial charge on any atom is 0.257 e. The highest BCUT2D eigenvalue weighted by Crippen LogP contribution is 2.27. The largest absolute Gasteiger partial charge is 0.483 e. The fourth-order valence-corrected chi connectivity index (χ4v) is 2.37. The average molecular weight is 278 g/mol. The van der Waals surface area contributed by atoms with E-state index in [2.05, 4.69) is 10.3 Å². The van der Waals surface area contributed by atoms with Crippen LogP contribution in [-0.4, -0.2) is 37.8 Å². The van der Waals surface area contributed by atoms with Crippen LogP contribution in [0.5, 0.6) is 5.75 Å². The van der Waals surface area contributed by atoms with E-state index in [9.17, 15) is 4.79 Å². The SMILES string of the molecule is COCCCNC(=O)COc1ccnc2c1CCCC2. The molecule has 0 fully saturated rings. The van der Waals surface area contributed by atoms with Gasteiger partial charge in [-0.25, -0.2) is 0 Å². The zero-order valence-corrected chi connectivity index (χ0v) is 12.0. The molecule has 0 unspecified atom stereocenters. The highest BCUT2D eigenvalue weighted by atomic mass is 16.5. The van der Waals surface area contributed by atoms with Gasteiger partial charge in [0.2, 0.25) is 0 Å². The molecule has 1 aliphatic rings. The number of aromatic nitrogens is 1. The number of carbonyl (C=O) groups excluding carboxylic acids is 1. The van der Waals surface area contributed by atoms with Gasteiger partial charge in [0.05, 0.1) is 0 Å². The van der Waals surface area contributed by atoms with E-state index < -0.39 is 0 Å². The molecule has 0 atom stereocenters. The van der Waals surface area contributed by atoms with Crippen LogP contribution in [0.1, 0.15) is 30.5 Å². The molecule has 20 heavy (non-hydrogen) atoms. The molecule has 0 aromatic carbocycles. The van der Waals surface area contributed by atoms with E-state index in [0.29, 0.717) is 13.2 Å². The van der Waals surface area contributed by atoms with Crippen LogP contribution in [0.2, 0.25) is 0 Å². The predicted octanol–water partition coefficient (Wildman–Crippen LogP) is 1.49. The van der Waals surface area contributed by atoms with Gasteiger partial charge >= 0.3 is 0 Å². The Morgan fingerprint density at radius 2 is 2.25 bits per heavy atom. The first-order chi connectivity index (χ1) is 9.81. The molecule has 5 heteroatoms. The van der Waals surface area contributed by atoms with E-state index in [0.717, 1.165) is 37.1 Å². The molecular formula is C15H22N2O3. The number of fused-ring (bicyclic) bond motifs is 1. The number of rotatable bonds is 7. The minimum atomic E-state index is -0.0949. The monoisotopic (exact) mass is 278 g/mol. The summed E-state index contributed by atoms with van der Waals surface area (Å²) in [5.74, 6) is 0.712. The van der Waals surface area contributed by atoms with Crippen LogP contribution in [-0.2, 0) is 22.4 Å². The van der Waals surface area contributed by atoms with Crippen molar-refractivity contribution in [3.63, 3.8) is 0 Å². The maximum absolute atomic E-state index is 11.7. The topological polar surface area (TPSA) is 60.5 Å². The standard InChI is InChI=1S/C15H22N2O3/c1-19-10-4-8-17-15(18)11-20-14-7-9-16-13-6-3-2-5-12(13)14/h7,9H,2-6,8,10-11H2,1H3,(H,17,18). The molecule has 0 saturated carbocycles. The Kier molecular flexibility index (Phi) is 5.80. The second-order valence-electron chi connectivity index (χ2n) is 4.93. The van der Waals surface area contributed by atoms with Gasteiger partial charge in [-0.05, 0) is 38.2 Å². The summed E-state index contributed by atoms with van der Waals surface area (Å²) in [6.45, 7) is 1.33. The van der Waals surface area contributed by atoms with E-state index in [-0.39, 0.29) is 12.5 Å². The molecule has 0 radical (unpaired) electrons. The Morgan fingerprint density at radius 3 is 3.10 bits per heavy atom. The normalized spacial score (nSPS) is 13.7. The van der Waals surface area contributed by atoms with Crippen molar-refractivity contribution in [3.05, 3.63) is 23.5 Å². The second kappa shape index (κ2) is 7.85. The molecule has 0 aliphatic heterocycles. The number of amides is 1. The van der Waals surface area contributed by atoms with Crippen LogP contribution in [0.4, 0.5) is 0 Å². The molecule has 1 aromatic rings. The molecule has 1 aromatic heterocycles. The van der Waals surface area contributed by atoms with Crippen molar-refractivity contribution < 1.29 is 14.3 Å². The summed E-state index contributed by atoms with van der Waals surface area (Å²) in [5, 5.41) is 2.81. The van der Waals surface area contributed by atoms with E-state index >= 15 is 0 Å². The van der Waals surface area contributed by atoms with Crippen molar-refractivity contribution >= 4 is 5.91 Å². The van der Waals surface area contributed by atoms with Crippen LogP contribution >= 0.6 is 0 Å². The Hall–Kier alpha value is -1.62. The third kappa shape index (κ3) is 4.20. The highest BCUT2D eigenvalue weighted by Gasteiger charge is 2.15. The average Bonchev–Trinajstić information content (AvgIpc) is 2.49. The second-order valence-corrected chi connectivity index (χ2v) is 4.93. The summed E-state index contributed by atoms with van der Waals surface area (Å²) in [6, 6.07) is 1.85. The van der Waals surface area contributed by atoms with Crippen LogP contribution in [0.3, 0.4) is 0 Å².